The van der Waals surface area contributed by atoms with Crippen molar-refractivity contribution in [3.8, 4) is 0 Å². The Balaban J connectivity index is 0.00000220. The zero-order valence-corrected chi connectivity index (χ0v) is 14.0. The molecule has 2 aromatic heterocycles. The molecule has 0 aliphatic rings. The van der Waals surface area contributed by atoms with Gasteiger partial charge in [0.25, 0.3) is 5.91 Å². The Morgan fingerprint density at radius 3 is 2.76 bits per heavy atom. The molecule has 0 aliphatic heterocycles. The smallest absolute Gasteiger partial charge is 0.254 e. The van der Waals surface area contributed by atoms with Gasteiger partial charge in [-0.1, -0.05) is 11.6 Å². The Kier molecular flexibility index (Phi) is 7.11. The van der Waals surface area contributed by atoms with Gasteiger partial charge >= 0.3 is 0 Å². The molecule has 2 aromatic rings. The van der Waals surface area contributed by atoms with Crippen LogP contribution in [0.15, 0.2) is 30.5 Å². The van der Waals surface area contributed by atoms with Crippen LogP contribution in [0.5, 0.6) is 0 Å². The van der Waals surface area contributed by atoms with E-state index in [1.54, 1.807) is 23.2 Å². The first kappa shape index (κ1) is 17.9. The molecule has 0 unspecified atom stereocenters. The third kappa shape index (κ3) is 4.68. The van der Waals surface area contributed by atoms with Crippen LogP contribution in [-0.2, 0) is 13.1 Å². The Morgan fingerprint density at radius 2 is 2.19 bits per heavy atom. The van der Waals surface area contributed by atoms with E-state index in [-0.39, 0.29) is 18.3 Å². The number of nitrogens with zero attached hydrogens (tertiary/aromatic N) is 2. The summed E-state index contributed by atoms with van der Waals surface area (Å²) < 4.78 is 0.734. The van der Waals surface area contributed by atoms with E-state index in [1.165, 1.54) is 11.3 Å². The highest BCUT2D eigenvalue weighted by Gasteiger charge is 2.15. The lowest BCUT2D eigenvalue weighted by atomic mass is 10.2. The molecular weight excluding hydrogens is 329 g/mol. The molecule has 0 bridgehead atoms. The number of carbonyl (C=O) groups is 1. The van der Waals surface area contributed by atoms with Crippen LogP contribution in [0.25, 0.3) is 0 Å². The number of hydrogen-bond donors (Lipinski definition) is 1. The molecule has 0 aromatic carbocycles. The summed E-state index contributed by atoms with van der Waals surface area (Å²) in [4.78, 5) is 19.4. The van der Waals surface area contributed by atoms with Crippen LogP contribution in [0.1, 0.15) is 27.9 Å². The SMILES string of the molecule is CCN(Cc1ccc(Cl)s1)C(=O)c1ccnc(CN)c1.Cl. The third-order valence-electron chi connectivity index (χ3n) is 2.92. The van der Waals surface area contributed by atoms with Gasteiger partial charge in [-0.05, 0) is 31.2 Å². The number of thiophene rings is 1. The molecular formula is C14H17Cl2N3OS. The number of amides is 1. The summed E-state index contributed by atoms with van der Waals surface area (Å²) >= 11 is 7.41. The number of hydrogen-bond acceptors (Lipinski definition) is 4. The van der Waals surface area contributed by atoms with Gasteiger partial charge < -0.3 is 10.6 Å². The molecule has 0 radical (unpaired) electrons. The summed E-state index contributed by atoms with van der Waals surface area (Å²) in [5, 5.41) is 0. The van der Waals surface area contributed by atoms with E-state index in [0.29, 0.717) is 30.9 Å². The van der Waals surface area contributed by atoms with Gasteiger partial charge in [-0.3, -0.25) is 9.78 Å². The van der Waals surface area contributed by atoms with E-state index < -0.39 is 0 Å². The lowest BCUT2D eigenvalue weighted by molar-refractivity contribution is 0.0754. The predicted octanol–water partition coefficient (Wildman–Crippen LogP) is 3.34. The van der Waals surface area contributed by atoms with Crippen LogP contribution in [0.3, 0.4) is 0 Å². The summed E-state index contributed by atoms with van der Waals surface area (Å²) in [7, 11) is 0. The van der Waals surface area contributed by atoms with E-state index in [2.05, 4.69) is 4.98 Å². The van der Waals surface area contributed by atoms with Crippen molar-refractivity contribution >= 4 is 41.3 Å². The average Bonchev–Trinajstić information content (AvgIpc) is 2.89. The van der Waals surface area contributed by atoms with Crippen LogP contribution in [-0.4, -0.2) is 22.3 Å². The molecule has 0 aliphatic carbocycles. The lowest BCUT2D eigenvalue weighted by Gasteiger charge is -2.20. The van der Waals surface area contributed by atoms with E-state index in [0.717, 1.165) is 9.21 Å². The monoisotopic (exact) mass is 345 g/mol. The summed E-state index contributed by atoms with van der Waals surface area (Å²) in [6, 6.07) is 7.25. The molecule has 21 heavy (non-hydrogen) atoms. The normalized spacial score (nSPS) is 10.0. The summed E-state index contributed by atoms with van der Waals surface area (Å²) in [6.45, 7) is 3.48. The molecule has 2 rings (SSSR count). The molecule has 4 nitrogen and oxygen atoms in total. The molecule has 0 saturated carbocycles. The van der Waals surface area contributed by atoms with E-state index in [1.807, 2.05) is 19.1 Å². The topological polar surface area (TPSA) is 59.2 Å². The van der Waals surface area contributed by atoms with Crippen molar-refractivity contribution in [2.75, 3.05) is 6.54 Å². The van der Waals surface area contributed by atoms with Crippen molar-refractivity contribution in [1.82, 2.24) is 9.88 Å². The van der Waals surface area contributed by atoms with Crippen molar-refractivity contribution in [1.29, 1.82) is 0 Å². The van der Waals surface area contributed by atoms with Gasteiger partial charge in [-0.2, -0.15) is 0 Å². The van der Waals surface area contributed by atoms with Crippen molar-refractivity contribution in [2.45, 2.75) is 20.0 Å². The fourth-order valence-corrected chi connectivity index (χ4v) is 2.96. The number of pyridine rings is 1. The van der Waals surface area contributed by atoms with Gasteiger partial charge in [0.05, 0.1) is 16.6 Å². The van der Waals surface area contributed by atoms with Crippen molar-refractivity contribution in [2.24, 2.45) is 5.73 Å². The maximum atomic E-state index is 12.5. The number of rotatable bonds is 5. The van der Waals surface area contributed by atoms with Crippen molar-refractivity contribution in [3.63, 3.8) is 0 Å². The van der Waals surface area contributed by atoms with Gasteiger partial charge in [0.2, 0.25) is 0 Å². The highest BCUT2D eigenvalue weighted by atomic mass is 35.5. The van der Waals surface area contributed by atoms with Gasteiger partial charge in [-0.25, -0.2) is 0 Å². The molecule has 2 heterocycles. The summed E-state index contributed by atoms with van der Waals surface area (Å²) in [5.74, 6) is -0.0193. The Hall–Kier alpha value is -1.14. The van der Waals surface area contributed by atoms with E-state index in [9.17, 15) is 4.79 Å². The minimum atomic E-state index is -0.0193. The van der Waals surface area contributed by atoms with Crippen LogP contribution in [0.2, 0.25) is 4.34 Å². The third-order valence-corrected chi connectivity index (χ3v) is 4.13. The molecule has 2 N–H and O–H groups in total. The first-order valence-electron chi connectivity index (χ1n) is 6.32. The second kappa shape index (κ2) is 8.34. The molecule has 0 saturated heterocycles. The first-order chi connectivity index (χ1) is 9.63. The highest BCUT2D eigenvalue weighted by Crippen LogP contribution is 2.23. The average molecular weight is 346 g/mol. The summed E-state index contributed by atoms with van der Waals surface area (Å²) in [5.41, 5.74) is 6.88. The molecule has 0 fully saturated rings. The van der Waals surface area contributed by atoms with Crippen LogP contribution in [0, 0.1) is 0 Å². The maximum absolute atomic E-state index is 12.5. The minimum Gasteiger partial charge on any atom is -0.334 e. The number of aromatic nitrogens is 1. The van der Waals surface area contributed by atoms with E-state index >= 15 is 0 Å². The Bertz CT molecular complexity index is 603. The Labute approximate surface area is 139 Å². The fraction of sp³-hybridized carbons (Fsp3) is 0.286. The zero-order chi connectivity index (χ0) is 14.5. The van der Waals surface area contributed by atoms with Gasteiger partial charge in [-0.15, -0.1) is 23.7 Å². The predicted molar refractivity (Wildman–Crippen MR) is 89.1 cm³/mol. The minimum absolute atomic E-state index is 0. The fourth-order valence-electron chi connectivity index (χ4n) is 1.86. The van der Waals surface area contributed by atoms with Gasteiger partial charge in [0, 0.05) is 29.7 Å². The molecule has 114 valence electrons. The van der Waals surface area contributed by atoms with Crippen LogP contribution in [0.4, 0.5) is 0 Å². The van der Waals surface area contributed by atoms with E-state index in [4.69, 9.17) is 17.3 Å². The second-order valence-corrected chi connectivity index (χ2v) is 6.06. The quantitative estimate of drug-likeness (QED) is 0.903. The molecule has 1 amide bonds. The van der Waals surface area contributed by atoms with Gasteiger partial charge in [0.15, 0.2) is 0 Å². The number of carbonyl (C=O) groups excluding carboxylic acids is 1. The largest absolute Gasteiger partial charge is 0.334 e. The maximum Gasteiger partial charge on any atom is 0.254 e. The van der Waals surface area contributed by atoms with Gasteiger partial charge in [0.1, 0.15) is 0 Å². The number of nitrogens with two attached hydrogens (primary N) is 1. The highest BCUT2D eigenvalue weighted by molar-refractivity contribution is 7.16. The first-order valence-corrected chi connectivity index (χ1v) is 7.52. The Morgan fingerprint density at radius 1 is 1.43 bits per heavy atom. The van der Waals surface area contributed by atoms with Crippen molar-refractivity contribution in [3.05, 3.63) is 50.9 Å². The van der Waals surface area contributed by atoms with Crippen LogP contribution >= 0.6 is 35.3 Å². The van der Waals surface area contributed by atoms with Crippen LogP contribution < -0.4 is 5.73 Å². The zero-order valence-electron chi connectivity index (χ0n) is 11.6. The molecule has 0 atom stereocenters. The molecule has 0 spiro atoms. The molecule has 7 heteroatoms. The van der Waals surface area contributed by atoms with Crippen molar-refractivity contribution < 1.29 is 4.79 Å². The lowest BCUT2D eigenvalue weighted by Crippen LogP contribution is -2.30. The summed E-state index contributed by atoms with van der Waals surface area (Å²) in [6.07, 6.45) is 1.62. The second-order valence-electron chi connectivity index (χ2n) is 4.27. The number of halogens is 2. The standard InChI is InChI=1S/C14H16ClN3OS.ClH/c1-2-18(9-12-3-4-13(15)20-12)14(19)10-5-6-17-11(7-10)8-16;/h3-7H,2,8-9,16H2,1H3;1H.